The Labute approximate surface area is 68.3 Å². The van der Waals surface area contributed by atoms with Gasteiger partial charge in [-0.3, -0.25) is 4.79 Å². The topological polar surface area (TPSA) is 29.5 Å². The van der Waals surface area contributed by atoms with Crippen molar-refractivity contribution >= 4 is 5.97 Å². The fourth-order valence-electron chi connectivity index (χ4n) is 1.14. The molecule has 0 amide bonds. The van der Waals surface area contributed by atoms with Crippen molar-refractivity contribution in [1.82, 2.24) is 4.90 Å². The number of esters is 1. The predicted octanol–water partition coefficient (Wildman–Crippen LogP) is 0.747. The third-order valence-corrected chi connectivity index (χ3v) is 1.94. The standard InChI is InChI=1S/C7H13NO2.CH4/c1-3-8-4-6(5-8)7(9)10-2;/h6H,3-5H2,1-2H3;1H4. The Balaban J connectivity index is 0.000001000. The van der Waals surface area contributed by atoms with Crippen molar-refractivity contribution in [1.29, 1.82) is 0 Å². The number of hydrogen-bond acceptors (Lipinski definition) is 3. The Bertz CT molecular complexity index is 130. The molecule has 1 heterocycles. The van der Waals surface area contributed by atoms with Crippen LogP contribution in [0.4, 0.5) is 0 Å². The largest absolute Gasteiger partial charge is 0.469 e. The summed E-state index contributed by atoms with van der Waals surface area (Å²) in [6.45, 7) is 4.88. The summed E-state index contributed by atoms with van der Waals surface area (Å²) in [5, 5.41) is 0. The minimum absolute atomic E-state index is 0. The molecule has 0 saturated carbocycles. The zero-order chi connectivity index (χ0) is 7.56. The minimum atomic E-state index is -0.0651. The fourth-order valence-corrected chi connectivity index (χ4v) is 1.14. The molecule has 3 nitrogen and oxygen atoms in total. The summed E-state index contributed by atoms with van der Waals surface area (Å²) in [4.78, 5) is 13.0. The first-order chi connectivity index (χ1) is 4.77. The van der Waals surface area contributed by atoms with E-state index < -0.39 is 0 Å². The summed E-state index contributed by atoms with van der Waals surface area (Å²) in [5.41, 5.74) is 0. The molecule has 0 aromatic rings. The van der Waals surface area contributed by atoms with Gasteiger partial charge in [0.1, 0.15) is 0 Å². The zero-order valence-electron chi connectivity index (χ0n) is 6.46. The lowest BCUT2D eigenvalue weighted by Crippen LogP contribution is -2.50. The van der Waals surface area contributed by atoms with Gasteiger partial charge in [0.15, 0.2) is 0 Å². The molecular formula is C8H17NO2. The normalized spacial score (nSPS) is 18.4. The lowest BCUT2D eigenvalue weighted by atomic mass is 10.0. The van der Waals surface area contributed by atoms with Gasteiger partial charge in [0, 0.05) is 13.1 Å². The first-order valence-electron chi connectivity index (χ1n) is 3.58. The smallest absolute Gasteiger partial charge is 0.311 e. The summed E-state index contributed by atoms with van der Waals surface area (Å²) in [6, 6.07) is 0. The molecule has 0 aromatic carbocycles. The van der Waals surface area contributed by atoms with E-state index in [-0.39, 0.29) is 19.3 Å². The molecule has 0 atom stereocenters. The van der Waals surface area contributed by atoms with Crippen LogP contribution in [0.3, 0.4) is 0 Å². The van der Waals surface area contributed by atoms with Gasteiger partial charge in [-0.1, -0.05) is 14.4 Å². The molecule has 1 aliphatic rings. The van der Waals surface area contributed by atoms with E-state index in [1.807, 2.05) is 0 Å². The fraction of sp³-hybridized carbons (Fsp3) is 0.875. The second-order valence-corrected chi connectivity index (χ2v) is 2.57. The highest BCUT2D eigenvalue weighted by Crippen LogP contribution is 2.15. The van der Waals surface area contributed by atoms with Crippen LogP contribution in [0, 0.1) is 5.92 Å². The number of hydrogen-bond donors (Lipinski definition) is 0. The van der Waals surface area contributed by atoms with Crippen molar-refractivity contribution in [3.8, 4) is 0 Å². The van der Waals surface area contributed by atoms with Gasteiger partial charge in [0.05, 0.1) is 13.0 Å². The van der Waals surface area contributed by atoms with E-state index in [4.69, 9.17) is 0 Å². The molecule has 0 bridgehead atoms. The lowest BCUT2D eigenvalue weighted by molar-refractivity contribution is -0.151. The first kappa shape index (κ1) is 10.4. The number of likely N-dealkylation sites (tertiary alicyclic amines) is 1. The van der Waals surface area contributed by atoms with Crippen LogP contribution in [0.25, 0.3) is 0 Å². The number of nitrogens with zero attached hydrogens (tertiary/aromatic N) is 1. The van der Waals surface area contributed by atoms with Crippen molar-refractivity contribution in [3.05, 3.63) is 0 Å². The highest BCUT2D eigenvalue weighted by molar-refractivity contribution is 5.73. The molecule has 3 heteroatoms. The van der Waals surface area contributed by atoms with Crippen molar-refractivity contribution < 1.29 is 9.53 Å². The molecule has 0 spiro atoms. The van der Waals surface area contributed by atoms with E-state index in [0.29, 0.717) is 0 Å². The molecule has 1 aliphatic heterocycles. The molecule has 66 valence electrons. The predicted molar refractivity (Wildman–Crippen MR) is 44.4 cm³/mol. The van der Waals surface area contributed by atoms with Crippen LogP contribution in [-0.2, 0) is 9.53 Å². The molecule has 0 aliphatic carbocycles. The number of methoxy groups -OCH3 is 1. The summed E-state index contributed by atoms with van der Waals surface area (Å²) in [6.07, 6.45) is 0. The third-order valence-electron chi connectivity index (χ3n) is 1.94. The molecule has 1 fully saturated rings. The lowest BCUT2D eigenvalue weighted by Gasteiger charge is -2.36. The van der Waals surface area contributed by atoms with Crippen LogP contribution in [0.1, 0.15) is 14.4 Å². The van der Waals surface area contributed by atoms with E-state index in [1.165, 1.54) is 7.11 Å². The molecule has 0 N–H and O–H groups in total. The van der Waals surface area contributed by atoms with E-state index in [9.17, 15) is 4.79 Å². The van der Waals surface area contributed by atoms with Gasteiger partial charge in [-0.25, -0.2) is 0 Å². The van der Waals surface area contributed by atoms with Gasteiger partial charge in [0.25, 0.3) is 0 Å². The van der Waals surface area contributed by atoms with E-state index in [2.05, 4.69) is 16.6 Å². The minimum Gasteiger partial charge on any atom is -0.469 e. The maximum atomic E-state index is 10.8. The molecule has 1 saturated heterocycles. The van der Waals surface area contributed by atoms with Gasteiger partial charge in [-0.15, -0.1) is 0 Å². The molecule has 1 rings (SSSR count). The zero-order valence-corrected chi connectivity index (χ0v) is 6.46. The van der Waals surface area contributed by atoms with Crippen molar-refractivity contribution in [2.24, 2.45) is 5.92 Å². The van der Waals surface area contributed by atoms with Gasteiger partial charge in [-0.05, 0) is 6.54 Å². The Morgan fingerprint density at radius 1 is 1.64 bits per heavy atom. The van der Waals surface area contributed by atoms with E-state index >= 15 is 0 Å². The first-order valence-corrected chi connectivity index (χ1v) is 3.58. The second-order valence-electron chi connectivity index (χ2n) is 2.57. The summed E-state index contributed by atoms with van der Waals surface area (Å²) < 4.78 is 4.58. The van der Waals surface area contributed by atoms with Crippen LogP contribution >= 0.6 is 0 Å². The monoisotopic (exact) mass is 159 g/mol. The maximum Gasteiger partial charge on any atom is 0.311 e. The SMILES string of the molecule is C.CCN1CC(C(=O)OC)C1. The van der Waals surface area contributed by atoms with Crippen LogP contribution in [0.2, 0.25) is 0 Å². The molecule has 0 radical (unpaired) electrons. The third kappa shape index (κ3) is 2.19. The number of carbonyl (C=O) groups excluding carboxylic acids is 1. The number of carbonyl (C=O) groups is 1. The molecular weight excluding hydrogens is 142 g/mol. The van der Waals surface area contributed by atoms with Crippen LogP contribution in [0.15, 0.2) is 0 Å². The molecule has 0 unspecified atom stereocenters. The van der Waals surface area contributed by atoms with Gasteiger partial charge in [-0.2, -0.15) is 0 Å². The second kappa shape index (κ2) is 4.34. The molecule has 0 aromatic heterocycles. The highest BCUT2D eigenvalue weighted by Gasteiger charge is 2.31. The summed E-state index contributed by atoms with van der Waals surface area (Å²) >= 11 is 0. The Hall–Kier alpha value is -0.570. The van der Waals surface area contributed by atoms with Crippen molar-refractivity contribution in [2.45, 2.75) is 14.4 Å². The van der Waals surface area contributed by atoms with Crippen LogP contribution in [-0.4, -0.2) is 37.6 Å². The van der Waals surface area contributed by atoms with E-state index in [1.54, 1.807) is 0 Å². The van der Waals surface area contributed by atoms with Crippen molar-refractivity contribution in [3.63, 3.8) is 0 Å². The van der Waals surface area contributed by atoms with Gasteiger partial charge < -0.3 is 9.64 Å². The average molecular weight is 159 g/mol. The molecule has 11 heavy (non-hydrogen) atoms. The van der Waals surface area contributed by atoms with Crippen molar-refractivity contribution in [2.75, 3.05) is 26.7 Å². The quantitative estimate of drug-likeness (QED) is 0.557. The summed E-state index contributed by atoms with van der Waals surface area (Å²) in [7, 11) is 1.44. The number of rotatable bonds is 2. The summed E-state index contributed by atoms with van der Waals surface area (Å²) in [5.74, 6) is 0.0784. The van der Waals surface area contributed by atoms with Gasteiger partial charge >= 0.3 is 5.97 Å². The van der Waals surface area contributed by atoms with Crippen LogP contribution in [0.5, 0.6) is 0 Å². The number of ether oxygens (including phenoxy) is 1. The Morgan fingerprint density at radius 3 is 2.55 bits per heavy atom. The van der Waals surface area contributed by atoms with E-state index in [0.717, 1.165) is 19.6 Å². The Kier molecular flexibility index (Phi) is 4.11. The Morgan fingerprint density at radius 2 is 2.18 bits per heavy atom. The van der Waals surface area contributed by atoms with Gasteiger partial charge in [0.2, 0.25) is 0 Å². The maximum absolute atomic E-state index is 10.8. The highest BCUT2D eigenvalue weighted by atomic mass is 16.5. The average Bonchev–Trinajstić information content (AvgIpc) is 1.85. The van der Waals surface area contributed by atoms with Crippen LogP contribution < -0.4 is 0 Å².